The largest absolute Gasteiger partial charge is 0.493 e. The van der Waals surface area contributed by atoms with Gasteiger partial charge in [-0.2, -0.15) is 0 Å². The Kier molecular flexibility index (Phi) is 6.60. The van der Waals surface area contributed by atoms with Crippen molar-refractivity contribution in [3.63, 3.8) is 0 Å². The molecular weight excluding hydrogens is 358 g/mol. The molecule has 0 radical (unpaired) electrons. The molecule has 0 aliphatic heterocycles. The van der Waals surface area contributed by atoms with Gasteiger partial charge in [0.25, 0.3) is 0 Å². The number of carbonyl (C=O) groups is 1. The maximum absolute atomic E-state index is 12.7. The summed E-state index contributed by atoms with van der Waals surface area (Å²) in [6.07, 6.45) is 5.82. The normalized spacial score (nSPS) is 11.0. The van der Waals surface area contributed by atoms with E-state index in [2.05, 4.69) is 9.97 Å². The van der Waals surface area contributed by atoms with Gasteiger partial charge in [0.15, 0.2) is 5.78 Å². The lowest BCUT2D eigenvalue weighted by Crippen LogP contribution is -2.09. The van der Waals surface area contributed by atoms with E-state index in [9.17, 15) is 4.79 Å². The first-order valence-electron chi connectivity index (χ1n) is 9.31. The molecule has 0 unspecified atom stereocenters. The van der Waals surface area contributed by atoms with E-state index in [0.717, 1.165) is 29.7 Å². The van der Waals surface area contributed by atoms with E-state index in [1.54, 1.807) is 25.3 Å². The molecule has 7 nitrogen and oxygen atoms in total. The van der Waals surface area contributed by atoms with Gasteiger partial charge in [-0.1, -0.05) is 6.07 Å². The molecule has 0 fully saturated rings. The number of imidazole rings is 1. The molecule has 0 bridgehead atoms. The van der Waals surface area contributed by atoms with Crippen molar-refractivity contribution in [1.82, 2.24) is 14.4 Å². The third-order valence-corrected chi connectivity index (χ3v) is 4.33. The molecule has 0 aliphatic carbocycles. The van der Waals surface area contributed by atoms with Crippen LogP contribution >= 0.6 is 0 Å². The number of nitrogens with zero attached hydrogens (tertiary/aromatic N) is 3. The van der Waals surface area contributed by atoms with E-state index < -0.39 is 0 Å². The summed E-state index contributed by atoms with van der Waals surface area (Å²) in [7, 11) is 3.22. The predicted octanol–water partition coefficient (Wildman–Crippen LogP) is 3.14. The number of aromatic nitrogens is 3. The molecule has 0 saturated carbocycles. The number of hydrogen-bond acceptors (Lipinski definition) is 6. The zero-order valence-corrected chi connectivity index (χ0v) is 16.5. The van der Waals surface area contributed by atoms with Gasteiger partial charge >= 0.3 is 0 Å². The molecule has 0 saturated heterocycles. The van der Waals surface area contributed by atoms with Crippen molar-refractivity contribution >= 4 is 11.4 Å². The van der Waals surface area contributed by atoms with Gasteiger partial charge in [-0.05, 0) is 25.8 Å². The Bertz CT molecular complexity index is 952. The molecule has 3 aromatic heterocycles. The fourth-order valence-corrected chi connectivity index (χ4v) is 3.00. The molecule has 0 amide bonds. The Balaban J connectivity index is 1.87. The lowest BCUT2D eigenvalue weighted by molar-refractivity contribution is 0.0986. The number of hydrogen-bond donors (Lipinski definition) is 0. The Morgan fingerprint density at radius 3 is 2.79 bits per heavy atom. The summed E-state index contributed by atoms with van der Waals surface area (Å²) in [6.45, 7) is 3.13. The number of pyridine rings is 2. The monoisotopic (exact) mass is 383 g/mol. The van der Waals surface area contributed by atoms with Gasteiger partial charge in [0.2, 0.25) is 5.88 Å². The van der Waals surface area contributed by atoms with Crippen LogP contribution in [0.3, 0.4) is 0 Å². The van der Waals surface area contributed by atoms with Gasteiger partial charge in [0.1, 0.15) is 17.1 Å². The van der Waals surface area contributed by atoms with Crippen LogP contribution < -0.4 is 9.47 Å². The van der Waals surface area contributed by atoms with Crippen molar-refractivity contribution in [3.8, 4) is 11.6 Å². The van der Waals surface area contributed by atoms with Crippen LogP contribution in [0, 0.1) is 0 Å². The van der Waals surface area contributed by atoms with Gasteiger partial charge in [0.05, 0.1) is 19.4 Å². The molecule has 0 spiro atoms. The summed E-state index contributed by atoms with van der Waals surface area (Å²) in [5.41, 5.74) is 2.95. The van der Waals surface area contributed by atoms with Gasteiger partial charge in [-0.3, -0.25) is 4.79 Å². The highest BCUT2D eigenvalue weighted by atomic mass is 16.5. The second-order valence-electron chi connectivity index (χ2n) is 6.36. The van der Waals surface area contributed by atoms with Gasteiger partial charge in [-0.25, -0.2) is 9.97 Å². The van der Waals surface area contributed by atoms with E-state index in [1.165, 1.54) is 7.11 Å². The third-order valence-electron chi connectivity index (χ3n) is 4.33. The number of ketones is 1. The maximum atomic E-state index is 12.7. The van der Waals surface area contributed by atoms with E-state index >= 15 is 0 Å². The minimum atomic E-state index is -0.0976. The molecule has 3 heterocycles. The van der Waals surface area contributed by atoms with Crippen LogP contribution in [0.15, 0.2) is 36.7 Å². The van der Waals surface area contributed by atoms with E-state index in [0.29, 0.717) is 30.5 Å². The van der Waals surface area contributed by atoms with Crippen LogP contribution in [-0.2, 0) is 17.6 Å². The van der Waals surface area contributed by atoms with Crippen molar-refractivity contribution in [2.45, 2.75) is 26.2 Å². The van der Waals surface area contributed by atoms with E-state index in [1.807, 2.05) is 29.8 Å². The van der Waals surface area contributed by atoms with Gasteiger partial charge in [0, 0.05) is 50.2 Å². The van der Waals surface area contributed by atoms with Crippen molar-refractivity contribution in [2.24, 2.45) is 0 Å². The van der Waals surface area contributed by atoms with Crippen molar-refractivity contribution in [3.05, 3.63) is 53.6 Å². The first-order chi connectivity index (χ1) is 13.6. The van der Waals surface area contributed by atoms with Crippen LogP contribution in [-0.4, -0.2) is 47.6 Å². The van der Waals surface area contributed by atoms with Crippen molar-refractivity contribution in [2.75, 3.05) is 27.4 Å². The number of carbonyl (C=O) groups excluding carboxylic acids is 1. The van der Waals surface area contributed by atoms with Crippen LogP contribution in [0.5, 0.6) is 11.6 Å². The predicted molar refractivity (Wildman–Crippen MR) is 105 cm³/mol. The highest BCUT2D eigenvalue weighted by Gasteiger charge is 2.15. The van der Waals surface area contributed by atoms with E-state index in [-0.39, 0.29) is 12.2 Å². The summed E-state index contributed by atoms with van der Waals surface area (Å²) < 4.78 is 17.9. The molecule has 0 aliphatic rings. The quantitative estimate of drug-likeness (QED) is 0.395. The highest BCUT2D eigenvalue weighted by molar-refractivity contribution is 5.96. The fraction of sp³-hybridized carbons (Fsp3) is 0.381. The number of methoxy groups -OCH3 is 2. The zero-order chi connectivity index (χ0) is 19.9. The van der Waals surface area contributed by atoms with Gasteiger partial charge < -0.3 is 18.6 Å². The van der Waals surface area contributed by atoms with Crippen LogP contribution in [0.4, 0.5) is 0 Å². The molecule has 0 atom stereocenters. The summed E-state index contributed by atoms with van der Waals surface area (Å²) in [5, 5.41) is 0. The zero-order valence-electron chi connectivity index (χ0n) is 16.5. The topological polar surface area (TPSA) is 75.0 Å². The van der Waals surface area contributed by atoms with E-state index in [4.69, 9.17) is 14.2 Å². The Morgan fingerprint density at radius 1 is 1.18 bits per heavy atom. The second kappa shape index (κ2) is 9.32. The van der Waals surface area contributed by atoms with Crippen LogP contribution in [0.2, 0.25) is 0 Å². The molecular formula is C21H25N3O4. The summed E-state index contributed by atoms with van der Waals surface area (Å²) in [6, 6.07) is 7.04. The first kappa shape index (κ1) is 19.8. The Labute approximate surface area is 164 Å². The number of Topliss-reactive ketones (excluding diaryl/α,β-unsaturated/α-hetero) is 1. The number of aryl methyl sites for hydroxylation is 1. The van der Waals surface area contributed by atoms with Crippen LogP contribution in [0.25, 0.3) is 5.65 Å². The Hall–Kier alpha value is -2.93. The SMILES string of the molecule is CCOc1cc2nc(CCCOC)cn2cc1CC(=O)c1cccc(OC)n1. The smallest absolute Gasteiger partial charge is 0.213 e. The third kappa shape index (κ3) is 4.67. The molecule has 28 heavy (non-hydrogen) atoms. The molecule has 3 rings (SSSR count). The molecule has 7 heteroatoms. The summed E-state index contributed by atoms with van der Waals surface area (Å²) in [5.74, 6) is 0.988. The van der Waals surface area contributed by atoms with Crippen LogP contribution in [0.1, 0.15) is 35.1 Å². The fourth-order valence-electron chi connectivity index (χ4n) is 3.00. The summed E-state index contributed by atoms with van der Waals surface area (Å²) >= 11 is 0. The lowest BCUT2D eigenvalue weighted by Gasteiger charge is -2.10. The minimum absolute atomic E-state index is 0.0976. The highest BCUT2D eigenvalue weighted by Crippen LogP contribution is 2.24. The second-order valence-corrected chi connectivity index (χ2v) is 6.36. The average molecular weight is 383 g/mol. The number of fused-ring (bicyclic) bond motifs is 1. The molecule has 148 valence electrons. The van der Waals surface area contributed by atoms with Crippen molar-refractivity contribution in [1.29, 1.82) is 0 Å². The molecule has 0 aromatic carbocycles. The van der Waals surface area contributed by atoms with Crippen molar-refractivity contribution < 1.29 is 19.0 Å². The van der Waals surface area contributed by atoms with Gasteiger partial charge in [-0.15, -0.1) is 0 Å². The lowest BCUT2D eigenvalue weighted by atomic mass is 10.1. The molecule has 3 aromatic rings. The summed E-state index contributed by atoms with van der Waals surface area (Å²) in [4.78, 5) is 21.6. The maximum Gasteiger partial charge on any atom is 0.213 e. The first-order valence-corrected chi connectivity index (χ1v) is 9.31. The average Bonchev–Trinajstić information content (AvgIpc) is 3.10. The minimum Gasteiger partial charge on any atom is -0.493 e. The number of ether oxygens (including phenoxy) is 3. The molecule has 0 N–H and O–H groups in total. The number of rotatable bonds is 10. The standard InChI is InChI=1S/C21H25N3O4/c1-4-28-19-12-20-22-16(7-6-10-26-2)14-24(20)13-15(19)11-18(25)17-8-5-9-21(23-17)27-3/h5,8-9,12-14H,4,6-7,10-11H2,1-3H3. The Morgan fingerprint density at radius 2 is 2.04 bits per heavy atom.